The molecule has 14 N–H and O–H groups in total. The Morgan fingerprint density at radius 1 is 0.429 bits per heavy atom. The molecule has 0 saturated carbocycles. The average Bonchev–Trinajstić information content (AvgIpc) is 3.23. The van der Waals surface area contributed by atoms with Gasteiger partial charge in [-0.15, -0.1) is 0 Å². The van der Waals surface area contributed by atoms with Crippen LogP contribution in [0.25, 0.3) is 0 Å². The topological polar surface area (TPSA) is 402 Å². The van der Waals surface area contributed by atoms with Crippen LogP contribution in [0, 0.1) is 0 Å². The van der Waals surface area contributed by atoms with Gasteiger partial charge in [-0.05, 0) is 6.92 Å². The van der Waals surface area contributed by atoms with Crippen molar-refractivity contribution in [1.82, 2.24) is 16.0 Å². The lowest BCUT2D eigenvalue weighted by molar-refractivity contribution is -0.408. The van der Waals surface area contributed by atoms with Gasteiger partial charge in [-0.2, -0.15) is 0 Å². The highest BCUT2D eigenvalue weighted by Gasteiger charge is 2.60. The van der Waals surface area contributed by atoms with Gasteiger partial charge < -0.3 is 119 Å². The third-order valence-corrected chi connectivity index (χ3v) is 11.7. The minimum atomic E-state index is -2.08. The van der Waals surface area contributed by atoms with Gasteiger partial charge in [-0.25, -0.2) is 0 Å². The van der Waals surface area contributed by atoms with Crippen LogP contribution in [0.4, 0.5) is 0 Å². The van der Waals surface area contributed by atoms with Crippen LogP contribution >= 0.6 is 0 Å². The number of ether oxygens (including phenoxy) is 10. The fourth-order valence-corrected chi connectivity index (χ4v) is 8.58. The third kappa shape index (κ3) is 10.4. The maximum atomic E-state index is 13.1. The number of amides is 3. The molecule has 6 saturated heterocycles. The fourth-order valence-electron chi connectivity index (χ4n) is 8.58. The van der Waals surface area contributed by atoms with Gasteiger partial charge in [-0.3, -0.25) is 14.4 Å². The normalized spacial score (nSPS) is 49.1. The van der Waals surface area contributed by atoms with Crippen LogP contribution in [0.5, 0.6) is 0 Å². The van der Waals surface area contributed by atoms with E-state index >= 15 is 0 Å². The maximum Gasteiger partial charge on any atom is 0.217 e. The zero-order chi connectivity index (χ0) is 46.2. The Bertz CT molecular complexity index is 1550. The van der Waals surface area contributed by atoms with Gasteiger partial charge >= 0.3 is 0 Å². The van der Waals surface area contributed by atoms with Crippen molar-refractivity contribution >= 4 is 17.7 Å². The van der Waals surface area contributed by atoms with E-state index < -0.39 is 197 Å². The second kappa shape index (κ2) is 21.0. The molecule has 0 radical (unpaired) electrons. The molecule has 0 spiro atoms. The molecule has 3 amide bonds. The van der Waals surface area contributed by atoms with Gasteiger partial charge in [0, 0.05) is 20.8 Å². The molecular formula is C36H59N3O24. The molecule has 6 aliphatic heterocycles. The number of carbonyl (C=O) groups excluding carboxylic acids is 3. The second-order valence-corrected chi connectivity index (χ2v) is 16.2. The summed E-state index contributed by atoms with van der Waals surface area (Å²) in [4.78, 5) is 38.2. The Morgan fingerprint density at radius 3 is 1.43 bits per heavy atom. The highest BCUT2D eigenvalue weighted by atomic mass is 16.8. The smallest absolute Gasteiger partial charge is 0.217 e. The summed E-state index contributed by atoms with van der Waals surface area (Å²) in [6.45, 7) is 1.06. The van der Waals surface area contributed by atoms with Gasteiger partial charge in [-0.1, -0.05) is 0 Å². The highest BCUT2D eigenvalue weighted by molar-refractivity contribution is 5.74. The number of fused-ring (bicyclic) bond motifs is 6. The Hall–Kier alpha value is -2.43. The summed E-state index contributed by atoms with van der Waals surface area (Å²) in [6.07, 6.45) is -38.1. The molecule has 6 bridgehead atoms. The summed E-state index contributed by atoms with van der Waals surface area (Å²) in [6, 6.07) is -4.68. The predicted molar refractivity (Wildman–Crippen MR) is 197 cm³/mol. The second-order valence-electron chi connectivity index (χ2n) is 16.2. The first-order valence-electron chi connectivity index (χ1n) is 20.4. The van der Waals surface area contributed by atoms with Gasteiger partial charge in [0.2, 0.25) is 17.7 Å². The molecule has 0 aromatic carbocycles. The Balaban J connectivity index is 1.49. The Kier molecular flexibility index (Phi) is 16.7. The van der Waals surface area contributed by atoms with Crippen LogP contribution in [-0.4, -0.2) is 254 Å². The fraction of sp³-hybridized carbons (Fsp3) is 0.917. The first-order chi connectivity index (χ1) is 29.8. The van der Waals surface area contributed by atoms with Gasteiger partial charge in [0.1, 0.15) is 116 Å². The number of aliphatic hydroxyl groups is 11. The van der Waals surface area contributed by atoms with Crippen molar-refractivity contribution in [2.75, 3.05) is 26.4 Å². The van der Waals surface area contributed by atoms with E-state index in [9.17, 15) is 70.6 Å². The zero-order valence-electron chi connectivity index (χ0n) is 34.5. The number of hydrogen-bond acceptors (Lipinski definition) is 24. The maximum absolute atomic E-state index is 13.1. The number of rotatable bonds is 11. The molecular weight excluding hydrogens is 858 g/mol. The van der Waals surface area contributed by atoms with Crippen molar-refractivity contribution in [3.05, 3.63) is 0 Å². The first kappa shape index (κ1) is 50.0. The van der Waals surface area contributed by atoms with E-state index in [1.165, 1.54) is 6.92 Å². The van der Waals surface area contributed by atoms with Gasteiger partial charge in [0.15, 0.2) is 31.5 Å². The molecule has 6 rings (SSSR count). The monoisotopic (exact) mass is 917 g/mol. The van der Waals surface area contributed by atoms with Crippen molar-refractivity contribution in [3.8, 4) is 0 Å². The molecule has 25 atom stereocenters. The van der Waals surface area contributed by atoms with Crippen LogP contribution in [0.1, 0.15) is 27.7 Å². The summed E-state index contributed by atoms with van der Waals surface area (Å²) in [7, 11) is 0. The van der Waals surface area contributed by atoms with Crippen LogP contribution < -0.4 is 16.0 Å². The van der Waals surface area contributed by atoms with Crippen molar-refractivity contribution in [1.29, 1.82) is 0 Å². The van der Waals surface area contributed by atoms with E-state index in [4.69, 9.17) is 47.4 Å². The average molecular weight is 918 g/mol. The Labute approximate surface area is 358 Å². The standard InChI is InChI=1S/C36H59N3O24/c1-9-20(47)23(50)17(37-10(2)44)32(54-9)59-27-15(7-42)57-34-19(39-12(4)46)30(27)62-33-18(38-11(3)45)29(22(49)14(6-41)55-33)61-36-26(53)31(63-34)28(16(8-43)58-36)60-35-25(52)24(51)21(48)13(5-40)56-35/h9,13-36,40-43,47-53H,5-8H2,1-4H3,(H,37,44)(H,38,45)(H,39,46)/t9-,13+,14+,15+,16+,17+,18+,19+,20-,21+,22+,23-,24-,25+,26+,27+,28-,29+,30+,31+,32+,33-,34-,35+,36+/m0/s1. The number of carbonyl (C=O) groups is 3. The quantitative estimate of drug-likeness (QED) is 0.0915. The summed E-state index contributed by atoms with van der Waals surface area (Å²) in [5.74, 6) is -2.18. The minimum Gasteiger partial charge on any atom is -0.394 e. The first-order valence-corrected chi connectivity index (χ1v) is 20.4. The van der Waals surface area contributed by atoms with Gasteiger partial charge in [0.25, 0.3) is 0 Å². The van der Waals surface area contributed by atoms with Crippen molar-refractivity contribution in [2.45, 2.75) is 181 Å². The Morgan fingerprint density at radius 2 is 0.873 bits per heavy atom. The van der Waals surface area contributed by atoms with E-state index in [-0.39, 0.29) is 0 Å². The van der Waals surface area contributed by atoms with E-state index in [0.29, 0.717) is 0 Å². The van der Waals surface area contributed by atoms with Crippen molar-refractivity contribution in [3.63, 3.8) is 0 Å². The van der Waals surface area contributed by atoms with E-state index in [1.807, 2.05) is 0 Å². The van der Waals surface area contributed by atoms with E-state index in [0.717, 1.165) is 20.8 Å². The molecule has 27 heteroatoms. The lowest BCUT2D eigenvalue weighted by Crippen LogP contribution is -2.74. The van der Waals surface area contributed by atoms with Crippen molar-refractivity contribution < 1.29 is 118 Å². The molecule has 0 aromatic heterocycles. The minimum absolute atomic E-state index is 0.674. The summed E-state index contributed by atoms with van der Waals surface area (Å²) in [5.41, 5.74) is 0. The van der Waals surface area contributed by atoms with E-state index in [2.05, 4.69) is 16.0 Å². The van der Waals surface area contributed by atoms with Gasteiger partial charge in [0.05, 0.1) is 32.5 Å². The van der Waals surface area contributed by atoms with Crippen LogP contribution in [0.3, 0.4) is 0 Å². The van der Waals surface area contributed by atoms with Crippen LogP contribution in [0.2, 0.25) is 0 Å². The van der Waals surface area contributed by atoms with Crippen molar-refractivity contribution in [2.24, 2.45) is 0 Å². The number of hydrogen-bond donors (Lipinski definition) is 14. The lowest BCUT2D eigenvalue weighted by Gasteiger charge is -2.54. The SMILES string of the molecule is CC(=O)N[C@H]1[C@@H](O[C@H]2[C@@H]3O[C@@H]4O[C@H](CO)[C@@H](O)[C@H](O[C@H]5O[C@H](CO)[C@H](O[C@H]6O[C@H](CO)[C@@H](O)[C@H](O)[C@H]6O)[C@H](O[C@H](O[C@@H]2CO)[C@@H]3NC(C)=O)[C@H]5O)[C@H]4NC(C)=O)O[C@@H](C)[C@H](O)[C@H]1O. The predicted octanol–water partition coefficient (Wildman–Crippen LogP) is -9.42. The summed E-state index contributed by atoms with van der Waals surface area (Å²) < 4.78 is 61.0. The molecule has 0 aliphatic carbocycles. The molecule has 0 unspecified atom stereocenters. The molecule has 63 heavy (non-hydrogen) atoms. The summed E-state index contributed by atoms with van der Waals surface area (Å²) in [5, 5.41) is 127. The molecule has 6 fully saturated rings. The van der Waals surface area contributed by atoms with E-state index in [1.54, 1.807) is 0 Å². The van der Waals surface area contributed by atoms with Crippen LogP contribution in [0.15, 0.2) is 0 Å². The molecule has 27 nitrogen and oxygen atoms in total. The van der Waals surface area contributed by atoms with Crippen LogP contribution in [-0.2, 0) is 61.8 Å². The molecule has 6 heterocycles. The molecule has 0 aromatic rings. The third-order valence-electron chi connectivity index (χ3n) is 11.7. The molecule has 6 aliphatic rings. The largest absolute Gasteiger partial charge is 0.394 e. The zero-order valence-corrected chi connectivity index (χ0v) is 34.5. The number of nitrogens with one attached hydrogen (secondary N) is 3. The summed E-state index contributed by atoms with van der Waals surface area (Å²) >= 11 is 0. The number of aliphatic hydroxyl groups excluding tert-OH is 11. The lowest BCUT2D eigenvalue weighted by atomic mass is 9.92. The highest BCUT2D eigenvalue weighted by Crippen LogP contribution is 2.39. The molecule has 362 valence electrons.